The molecule has 104 valence electrons. The van der Waals surface area contributed by atoms with Gasteiger partial charge in [-0.25, -0.2) is 0 Å². The molecule has 0 spiro atoms. The first-order valence-electron chi connectivity index (χ1n) is 6.30. The highest BCUT2D eigenvalue weighted by atomic mass is 32.1. The van der Waals surface area contributed by atoms with Crippen LogP contribution < -0.4 is 5.73 Å². The van der Waals surface area contributed by atoms with Gasteiger partial charge >= 0.3 is 0 Å². The summed E-state index contributed by atoms with van der Waals surface area (Å²) in [4.78, 5) is 49.1. The highest BCUT2D eigenvalue weighted by Crippen LogP contribution is 2.35. The monoisotopic (exact) mass is 292 g/mol. The number of amides is 2. The molecule has 6 nitrogen and oxygen atoms in total. The molecule has 2 amide bonds. The summed E-state index contributed by atoms with van der Waals surface area (Å²) in [6.07, 6.45) is 0.968. The van der Waals surface area contributed by atoms with E-state index < -0.39 is 17.9 Å². The van der Waals surface area contributed by atoms with Gasteiger partial charge < -0.3 is 5.73 Å². The summed E-state index contributed by atoms with van der Waals surface area (Å²) in [5, 5.41) is 1.83. The van der Waals surface area contributed by atoms with Gasteiger partial charge in [-0.3, -0.25) is 24.1 Å². The molecule has 0 aromatic carbocycles. The van der Waals surface area contributed by atoms with Crippen LogP contribution in [0.2, 0.25) is 0 Å². The minimum absolute atomic E-state index is 0.134. The number of nitrogen functional groups attached to an aromatic ring is 1. The van der Waals surface area contributed by atoms with Crippen molar-refractivity contribution in [2.75, 3.05) is 5.73 Å². The molecule has 1 aromatic heterocycles. The second kappa shape index (κ2) is 4.52. The van der Waals surface area contributed by atoms with E-state index in [2.05, 4.69) is 0 Å². The number of carbonyl (C=O) groups is 4. The molecule has 2 aliphatic rings. The average Bonchev–Trinajstić information content (AvgIpc) is 2.82. The molecule has 1 aliphatic heterocycles. The van der Waals surface area contributed by atoms with Crippen LogP contribution in [0, 0.1) is 0 Å². The van der Waals surface area contributed by atoms with E-state index in [1.807, 2.05) is 0 Å². The van der Waals surface area contributed by atoms with Gasteiger partial charge in [0.1, 0.15) is 5.78 Å². The first kappa shape index (κ1) is 13.0. The van der Waals surface area contributed by atoms with E-state index in [-0.39, 0.29) is 34.1 Å². The van der Waals surface area contributed by atoms with E-state index in [1.54, 1.807) is 0 Å². The van der Waals surface area contributed by atoms with Crippen molar-refractivity contribution in [2.45, 2.75) is 31.7 Å². The molecule has 1 fully saturated rings. The average molecular weight is 292 g/mol. The molecule has 0 radical (unpaired) electrons. The van der Waals surface area contributed by atoms with Gasteiger partial charge in [0.15, 0.2) is 5.78 Å². The molecule has 1 atom stereocenters. The molecule has 3 rings (SSSR count). The van der Waals surface area contributed by atoms with Crippen LogP contribution in [0.4, 0.5) is 5.00 Å². The van der Waals surface area contributed by atoms with Crippen molar-refractivity contribution in [2.24, 2.45) is 0 Å². The Bertz CT molecular complexity index is 649. The Morgan fingerprint density at radius 1 is 1.20 bits per heavy atom. The van der Waals surface area contributed by atoms with E-state index in [9.17, 15) is 19.2 Å². The summed E-state index contributed by atoms with van der Waals surface area (Å²) < 4.78 is 0. The standard InChI is InChI=1S/C13H12N2O4S/c14-11-10-7(5-20-11)12(18)15(13(10)19)8-3-1-2-6(16)4-9(8)17/h5,8H,1-4,14H2/t8-/m0/s1. The van der Waals surface area contributed by atoms with Crippen LogP contribution >= 0.6 is 11.3 Å². The normalized spacial score (nSPS) is 23.2. The Kier molecular flexibility index (Phi) is 2.93. The zero-order valence-electron chi connectivity index (χ0n) is 10.5. The number of hydrogen-bond donors (Lipinski definition) is 1. The number of hydrogen-bond acceptors (Lipinski definition) is 6. The number of anilines is 1. The minimum atomic E-state index is -0.835. The number of nitrogens with zero attached hydrogens (tertiary/aromatic N) is 1. The Morgan fingerprint density at radius 3 is 2.65 bits per heavy atom. The summed E-state index contributed by atoms with van der Waals surface area (Å²) in [7, 11) is 0. The van der Waals surface area contributed by atoms with E-state index in [0.29, 0.717) is 19.3 Å². The molecule has 1 aromatic rings. The predicted octanol–water partition coefficient (Wildman–Crippen LogP) is 1.01. The third-order valence-electron chi connectivity index (χ3n) is 3.69. The number of carbonyl (C=O) groups excluding carboxylic acids is 4. The third kappa shape index (κ3) is 1.77. The second-order valence-electron chi connectivity index (χ2n) is 4.96. The van der Waals surface area contributed by atoms with Gasteiger partial charge in [-0.2, -0.15) is 0 Å². The number of Topliss-reactive ketones (excluding diaryl/α,β-unsaturated/α-hetero) is 2. The molecule has 0 bridgehead atoms. The number of nitrogens with two attached hydrogens (primary N) is 1. The fourth-order valence-corrected chi connectivity index (χ4v) is 3.48. The summed E-state index contributed by atoms with van der Waals surface area (Å²) in [6, 6.07) is -0.835. The van der Waals surface area contributed by atoms with Gasteiger partial charge in [-0.1, -0.05) is 0 Å². The maximum absolute atomic E-state index is 12.3. The van der Waals surface area contributed by atoms with Crippen LogP contribution in [0.3, 0.4) is 0 Å². The number of ketones is 2. The zero-order valence-corrected chi connectivity index (χ0v) is 11.4. The van der Waals surface area contributed by atoms with Crippen molar-refractivity contribution in [3.63, 3.8) is 0 Å². The lowest BCUT2D eigenvalue weighted by Crippen LogP contribution is -2.44. The summed E-state index contributed by atoms with van der Waals surface area (Å²) in [5.41, 5.74) is 6.17. The first-order valence-corrected chi connectivity index (χ1v) is 7.18. The minimum Gasteiger partial charge on any atom is -0.390 e. The lowest BCUT2D eigenvalue weighted by Gasteiger charge is -2.23. The van der Waals surface area contributed by atoms with Crippen LogP contribution in [-0.2, 0) is 9.59 Å². The van der Waals surface area contributed by atoms with E-state index in [0.717, 1.165) is 16.2 Å². The Hall–Kier alpha value is -2.02. The van der Waals surface area contributed by atoms with Crippen molar-refractivity contribution >= 4 is 39.7 Å². The van der Waals surface area contributed by atoms with Gasteiger partial charge in [0.25, 0.3) is 11.8 Å². The fourth-order valence-electron chi connectivity index (χ4n) is 2.70. The largest absolute Gasteiger partial charge is 0.390 e. The Labute approximate surface area is 118 Å². The topological polar surface area (TPSA) is 97.5 Å². The number of imide groups is 1. The molecule has 1 aliphatic carbocycles. The van der Waals surface area contributed by atoms with Crippen molar-refractivity contribution in [1.29, 1.82) is 0 Å². The molecule has 0 saturated heterocycles. The maximum atomic E-state index is 12.3. The van der Waals surface area contributed by atoms with Gasteiger partial charge in [-0.15, -0.1) is 11.3 Å². The van der Waals surface area contributed by atoms with E-state index >= 15 is 0 Å². The number of rotatable bonds is 1. The molecule has 20 heavy (non-hydrogen) atoms. The fraction of sp³-hybridized carbons (Fsp3) is 0.385. The highest BCUT2D eigenvalue weighted by molar-refractivity contribution is 7.14. The van der Waals surface area contributed by atoms with Crippen molar-refractivity contribution in [1.82, 2.24) is 4.90 Å². The number of fused-ring (bicyclic) bond motifs is 1. The van der Waals surface area contributed by atoms with Crippen LogP contribution in [-0.4, -0.2) is 34.3 Å². The molecule has 0 unspecified atom stereocenters. The van der Waals surface area contributed by atoms with Crippen molar-refractivity contribution in [3.05, 3.63) is 16.5 Å². The van der Waals surface area contributed by atoms with E-state index in [4.69, 9.17) is 5.73 Å². The lowest BCUT2D eigenvalue weighted by atomic mass is 10.1. The van der Waals surface area contributed by atoms with Crippen LogP contribution in [0.5, 0.6) is 0 Å². The lowest BCUT2D eigenvalue weighted by molar-refractivity contribution is -0.128. The molecular formula is C13H12N2O4S. The van der Waals surface area contributed by atoms with Crippen LogP contribution in [0.25, 0.3) is 0 Å². The second-order valence-corrected chi connectivity index (χ2v) is 5.87. The molecule has 7 heteroatoms. The van der Waals surface area contributed by atoms with Crippen molar-refractivity contribution < 1.29 is 19.2 Å². The molecule has 1 saturated carbocycles. The Balaban J connectivity index is 1.96. The van der Waals surface area contributed by atoms with Gasteiger partial charge in [-0.05, 0) is 12.8 Å². The van der Waals surface area contributed by atoms with Gasteiger partial charge in [0.2, 0.25) is 0 Å². The van der Waals surface area contributed by atoms with Gasteiger partial charge in [0, 0.05) is 11.8 Å². The summed E-state index contributed by atoms with van der Waals surface area (Å²) in [5.74, 6) is -1.49. The van der Waals surface area contributed by atoms with E-state index in [1.165, 1.54) is 5.38 Å². The highest BCUT2D eigenvalue weighted by Gasteiger charge is 2.45. The molecular weight excluding hydrogens is 280 g/mol. The summed E-state index contributed by atoms with van der Waals surface area (Å²) in [6.45, 7) is 0. The molecule has 2 heterocycles. The van der Waals surface area contributed by atoms with Gasteiger partial charge in [0.05, 0.1) is 28.6 Å². The number of thiophene rings is 1. The quantitative estimate of drug-likeness (QED) is 0.473. The maximum Gasteiger partial charge on any atom is 0.265 e. The predicted molar refractivity (Wildman–Crippen MR) is 71.5 cm³/mol. The zero-order chi connectivity index (χ0) is 14.4. The third-order valence-corrected chi connectivity index (χ3v) is 4.50. The SMILES string of the molecule is Nc1scc2c1C(=O)N([C@H]1CCCC(=O)CC1=O)C2=O. The first-order chi connectivity index (χ1) is 9.50. The Morgan fingerprint density at radius 2 is 1.95 bits per heavy atom. The molecule has 2 N–H and O–H groups in total. The van der Waals surface area contributed by atoms with Crippen LogP contribution in [0.15, 0.2) is 5.38 Å². The van der Waals surface area contributed by atoms with Crippen LogP contribution in [0.1, 0.15) is 46.4 Å². The van der Waals surface area contributed by atoms with Crippen molar-refractivity contribution in [3.8, 4) is 0 Å². The summed E-state index contributed by atoms with van der Waals surface area (Å²) >= 11 is 1.14. The smallest absolute Gasteiger partial charge is 0.265 e.